The zero-order valence-electron chi connectivity index (χ0n) is 12.7. The number of amides is 1. The van der Waals surface area contributed by atoms with Crippen molar-refractivity contribution < 1.29 is 9.32 Å². The van der Waals surface area contributed by atoms with Gasteiger partial charge in [-0.25, -0.2) is 0 Å². The van der Waals surface area contributed by atoms with Crippen LogP contribution in [0.3, 0.4) is 0 Å². The van der Waals surface area contributed by atoms with Gasteiger partial charge in [0, 0.05) is 19.5 Å². The van der Waals surface area contributed by atoms with E-state index in [4.69, 9.17) is 4.52 Å². The number of aromatic nitrogens is 2. The molecule has 21 heavy (non-hydrogen) atoms. The predicted octanol–water partition coefficient (Wildman–Crippen LogP) is 0.547. The lowest BCUT2D eigenvalue weighted by atomic mass is 10.1. The second-order valence-electron chi connectivity index (χ2n) is 6.07. The highest BCUT2D eigenvalue weighted by atomic mass is 16.5. The van der Waals surface area contributed by atoms with E-state index in [0.717, 1.165) is 32.4 Å². The first kappa shape index (κ1) is 14.5. The zero-order chi connectivity index (χ0) is 14.8. The third-order valence-electron chi connectivity index (χ3n) is 4.53. The van der Waals surface area contributed by atoms with Gasteiger partial charge in [-0.15, -0.1) is 0 Å². The van der Waals surface area contributed by atoms with E-state index >= 15 is 0 Å². The summed E-state index contributed by atoms with van der Waals surface area (Å²) in [5.74, 6) is 1.38. The van der Waals surface area contributed by atoms with Crippen molar-refractivity contribution in [1.29, 1.82) is 0 Å². The van der Waals surface area contributed by atoms with Crippen LogP contribution in [0.5, 0.6) is 0 Å². The summed E-state index contributed by atoms with van der Waals surface area (Å²) in [5, 5.41) is 7.51. The number of likely N-dealkylation sites (tertiary alicyclic amines) is 2. The van der Waals surface area contributed by atoms with Gasteiger partial charge in [-0.2, -0.15) is 4.98 Å². The molecule has 2 saturated heterocycles. The first-order valence-electron chi connectivity index (χ1n) is 7.63. The van der Waals surface area contributed by atoms with E-state index in [0.29, 0.717) is 30.7 Å². The van der Waals surface area contributed by atoms with E-state index in [9.17, 15) is 4.79 Å². The van der Waals surface area contributed by atoms with Gasteiger partial charge >= 0.3 is 0 Å². The summed E-state index contributed by atoms with van der Waals surface area (Å²) >= 11 is 0. The van der Waals surface area contributed by atoms with Gasteiger partial charge < -0.3 is 19.6 Å². The van der Waals surface area contributed by atoms with E-state index in [2.05, 4.69) is 27.4 Å². The van der Waals surface area contributed by atoms with Gasteiger partial charge in [-0.1, -0.05) is 5.16 Å². The van der Waals surface area contributed by atoms with E-state index in [1.807, 2.05) is 0 Å². The summed E-state index contributed by atoms with van der Waals surface area (Å²) in [5.41, 5.74) is 0. The summed E-state index contributed by atoms with van der Waals surface area (Å²) in [4.78, 5) is 20.0. The second kappa shape index (κ2) is 6.11. The third kappa shape index (κ3) is 3.24. The maximum absolute atomic E-state index is 11.5. The highest BCUT2D eigenvalue weighted by Gasteiger charge is 2.33. The van der Waals surface area contributed by atoms with Gasteiger partial charge in [-0.3, -0.25) is 4.79 Å². The summed E-state index contributed by atoms with van der Waals surface area (Å²) in [6.45, 7) is 2.89. The molecule has 1 N–H and O–H groups in total. The number of carbonyl (C=O) groups excluding carboxylic acids is 1. The average Bonchev–Trinajstić information content (AvgIpc) is 3.07. The number of nitrogens with one attached hydrogen (secondary N) is 1. The van der Waals surface area contributed by atoms with Crippen molar-refractivity contribution in [2.75, 3.05) is 27.2 Å². The summed E-state index contributed by atoms with van der Waals surface area (Å²) in [7, 11) is 3.95. The number of hydrogen-bond acceptors (Lipinski definition) is 6. The second-order valence-corrected chi connectivity index (χ2v) is 6.07. The Morgan fingerprint density at radius 1 is 1.29 bits per heavy atom. The molecule has 7 heteroatoms. The van der Waals surface area contributed by atoms with Crippen molar-refractivity contribution in [3.8, 4) is 0 Å². The molecule has 0 saturated carbocycles. The monoisotopic (exact) mass is 293 g/mol. The van der Waals surface area contributed by atoms with Crippen molar-refractivity contribution in [1.82, 2.24) is 25.3 Å². The first-order valence-corrected chi connectivity index (χ1v) is 7.63. The highest BCUT2D eigenvalue weighted by Crippen LogP contribution is 2.29. The van der Waals surface area contributed by atoms with Gasteiger partial charge in [0.05, 0.1) is 6.54 Å². The Kier molecular flexibility index (Phi) is 4.21. The lowest BCUT2D eigenvalue weighted by Gasteiger charge is -2.29. The quantitative estimate of drug-likeness (QED) is 0.873. The van der Waals surface area contributed by atoms with Gasteiger partial charge in [0.25, 0.3) is 0 Å². The van der Waals surface area contributed by atoms with Crippen LogP contribution in [0.25, 0.3) is 0 Å². The Balaban J connectivity index is 1.52. The molecule has 2 fully saturated rings. The largest absolute Gasteiger partial charge is 0.337 e. The molecule has 3 heterocycles. The summed E-state index contributed by atoms with van der Waals surface area (Å²) in [6, 6.07) is 0.473. The van der Waals surface area contributed by atoms with E-state index < -0.39 is 0 Å². The number of piperidine rings is 1. The standard InChI is InChI=1S/C14H23N5O2/c1-18-7-5-10(6-8-18)15-9-12-16-14(21-17-12)11-3-4-13(20)19(11)2/h10-11,15H,3-9H2,1-2H3/t11-/m0/s1. The fraction of sp³-hybridized carbons (Fsp3) is 0.786. The molecule has 2 aliphatic rings. The SMILES string of the molecule is CN1CCC(NCc2noc([C@@H]3CCC(=O)N3C)n2)CC1. The van der Waals surface area contributed by atoms with Crippen LogP contribution in [0.1, 0.15) is 43.4 Å². The molecular weight excluding hydrogens is 270 g/mol. The Morgan fingerprint density at radius 3 is 2.71 bits per heavy atom. The molecule has 1 aromatic heterocycles. The molecule has 0 bridgehead atoms. The molecule has 1 atom stereocenters. The van der Waals surface area contributed by atoms with Crippen molar-refractivity contribution >= 4 is 5.91 Å². The fourth-order valence-corrected chi connectivity index (χ4v) is 3.02. The van der Waals surface area contributed by atoms with Gasteiger partial charge in [0.15, 0.2) is 5.82 Å². The lowest BCUT2D eigenvalue weighted by molar-refractivity contribution is -0.127. The molecule has 7 nitrogen and oxygen atoms in total. The fourth-order valence-electron chi connectivity index (χ4n) is 3.02. The number of carbonyl (C=O) groups is 1. The molecular formula is C14H23N5O2. The Morgan fingerprint density at radius 2 is 2.05 bits per heavy atom. The number of hydrogen-bond donors (Lipinski definition) is 1. The van der Waals surface area contributed by atoms with Crippen molar-refractivity contribution in [2.45, 2.75) is 44.3 Å². The molecule has 0 aliphatic carbocycles. The zero-order valence-corrected chi connectivity index (χ0v) is 12.7. The summed E-state index contributed by atoms with van der Waals surface area (Å²) < 4.78 is 5.32. The van der Waals surface area contributed by atoms with Crippen LogP contribution in [0, 0.1) is 0 Å². The van der Waals surface area contributed by atoms with Crippen LogP contribution < -0.4 is 5.32 Å². The Labute approximate surface area is 124 Å². The van der Waals surface area contributed by atoms with Crippen LogP contribution in [-0.2, 0) is 11.3 Å². The predicted molar refractivity (Wildman–Crippen MR) is 76.4 cm³/mol. The van der Waals surface area contributed by atoms with Crippen LogP contribution in [0.4, 0.5) is 0 Å². The van der Waals surface area contributed by atoms with E-state index in [1.165, 1.54) is 0 Å². The maximum Gasteiger partial charge on any atom is 0.249 e. The molecule has 0 radical (unpaired) electrons. The molecule has 3 rings (SSSR count). The molecule has 0 aromatic carbocycles. The van der Waals surface area contributed by atoms with E-state index in [1.54, 1.807) is 11.9 Å². The van der Waals surface area contributed by atoms with Crippen LogP contribution in [0.2, 0.25) is 0 Å². The highest BCUT2D eigenvalue weighted by molar-refractivity contribution is 5.78. The third-order valence-corrected chi connectivity index (χ3v) is 4.53. The molecule has 0 spiro atoms. The van der Waals surface area contributed by atoms with Crippen molar-refractivity contribution in [3.63, 3.8) is 0 Å². The van der Waals surface area contributed by atoms with Crippen LogP contribution in [0.15, 0.2) is 4.52 Å². The minimum absolute atomic E-state index is 0.0536. The van der Waals surface area contributed by atoms with Gasteiger partial charge in [0.1, 0.15) is 6.04 Å². The lowest BCUT2D eigenvalue weighted by Crippen LogP contribution is -2.40. The Bertz CT molecular complexity index is 495. The molecule has 2 aliphatic heterocycles. The van der Waals surface area contributed by atoms with Crippen molar-refractivity contribution in [3.05, 3.63) is 11.7 Å². The smallest absolute Gasteiger partial charge is 0.249 e. The molecule has 1 aromatic rings. The van der Waals surface area contributed by atoms with Crippen LogP contribution in [-0.4, -0.2) is 59.1 Å². The maximum atomic E-state index is 11.5. The molecule has 0 unspecified atom stereocenters. The topological polar surface area (TPSA) is 74.5 Å². The molecule has 116 valence electrons. The average molecular weight is 293 g/mol. The minimum Gasteiger partial charge on any atom is -0.337 e. The van der Waals surface area contributed by atoms with Gasteiger partial charge in [-0.05, 0) is 39.4 Å². The van der Waals surface area contributed by atoms with Crippen molar-refractivity contribution in [2.24, 2.45) is 0 Å². The number of nitrogens with zero attached hydrogens (tertiary/aromatic N) is 4. The molecule has 1 amide bonds. The van der Waals surface area contributed by atoms with Crippen LogP contribution >= 0.6 is 0 Å². The Hall–Kier alpha value is -1.47. The van der Waals surface area contributed by atoms with E-state index in [-0.39, 0.29) is 11.9 Å². The van der Waals surface area contributed by atoms with Gasteiger partial charge in [0.2, 0.25) is 11.8 Å². The normalized spacial score (nSPS) is 25.0. The summed E-state index contributed by atoms with van der Waals surface area (Å²) in [6.07, 6.45) is 3.63. The first-order chi connectivity index (χ1) is 10.1. The number of rotatable bonds is 4. The minimum atomic E-state index is -0.0536.